The molecule has 1 saturated carbocycles. The zero-order chi connectivity index (χ0) is 10.7. The van der Waals surface area contributed by atoms with E-state index < -0.39 is 0 Å². The van der Waals surface area contributed by atoms with Crippen LogP contribution in [0.1, 0.15) is 47.0 Å². The Morgan fingerprint density at radius 3 is 2.21 bits per heavy atom. The van der Waals surface area contributed by atoms with Gasteiger partial charge >= 0.3 is 0 Å². The monoisotopic (exact) mass is 197 g/mol. The van der Waals surface area contributed by atoms with Gasteiger partial charge in [-0.15, -0.1) is 0 Å². The molecule has 0 saturated heterocycles. The van der Waals surface area contributed by atoms with Gasteiger partial charge in [-0.25, -0.2) is 0 Å². The van der Waals surface area contributed by atoms with Crippen LogP contribution in [0.15, 0.2) is 0 Å². The van der Waals surface area contributed by atoms with Crippen molar-refractivity contribution in [3.05, 3.63) is 0 Å². The van der Waals surface area contributed by atoms with Crippen molar-refractivity contribution in [1.82, 2.24) is 4.90 Å². The quantitative estimate of drug-likeness (QED) is 0.663. The van der Waals surface area contributed by atoms with E-state index >= 15 is 0 Å². The minimum atomic E-state index is 0.155. The summed E-state index contributed by atoms with van der Waals surface area (Å²) in [6, 6.07) is 0.573. The van der Waals surface area contributed by atoms with Crippen LogP contribution in [0.3, 0.4) is 0 Å². The molecular weight excluding hydrogens is 174 g/mol. The Kier molecular flexibility index (Phi) is 3.97. The second kappa shape index (κ2) is 4.81. The minimum Gasteiger partial charge on any atom is -0.339 e. The maximum atomic E-state index is 11.9. The van der Waals surface area contributed by atoms with Crippen molar-refractivity contribution in [2.24, 2.45) is 11.8 Å². The summed E-state index contributed by atoms with van der Waals surface area (Å²) in [4.78, 5) is 14.0. The lowest BCUT2D eigenvalue weighted by Gasteiger charge is -2.25. The minimum absolute atomic E-state index is 0.155. The van der Waals surface area contributed by atoms with Crippen molar-refractivity contribution in [3.8, 4) is 0 Å². The van der Waals surface area contributed by atoms with E-state index in [-0.39, 0.29) is 5.92 Å². The molecule has 1 aliphatic carbocycles. The molecule has 0 aliphatic heterocycles. The molecule has 2 heteroatoms. The van der Waals surface area contributed by atoms with Crippen LogP contribution < -0.4 is 0 Å². The number of carbonyl (C=O) groups excluding carboxylic acids is 1. The van der Waals surface area contributed by atoms with Crippen LogP contribution in [0.25, 0.3) is 0 Å². The summed E-state index contributed by atoms with van der Waals surface area (Å²) in [5, 5.41) is 0. The largest absolute Gasteiger partial charge is 0.339 e. The van der Waals surface area contributed by atoms with E-state index in [0.717, 1.165) is 13.0 Å². The molecule has 0 heterocycles. The highest BCUT2D eigenvalue weighted by Gasteiger charge is 2.32. The molecule has 0 atom stereocenters. The third-order valence-electron chi connectivity index (χ3n) is 2.71. The Morgan fingerprint density at radius 2 is 1.86 bits per heavy atom. The molecule has 0 N–H and O–H groups in total. The van der Waals surface area contributed by atoms with Crippen molar-refractivity contribution in [2.75, 3.05) is 6.54 Å². The van der Waals surface area contributed by atoms with E-state index in [1.165, 1.54) is 12.8 Å². The number of amides is 1. The van der Waals surface area contributed by atoms with Crippen molar-refractivity contribution in [2.45, 2.75) is 53.0 Å². The summed E-state index contributed by atoms with van der Waals surface area (Å²) in [7, 11) is 0. The van der Waals surface area contributed by atoms with E-state index in [1.807, 2.05) is 13.8 Å². The van der Waals surface area contributed by atoms with Crippen molar-refractivity contribution in [1.29, 1.82) is 0 Å². The van der Waals surface area contributed by atoms with Gasteiger partial charge in [-0.1, -0.05) is 27.7 Å². The van der Waals surface area contributed by atoms with Gasteiger partial charge in [0.05, 0.1) is 0 Å². The molecule has 0 aromatic rings. The number of nitrogens with zero attached hydrogens (tertiary/aromatic N) is 1. The van der Waals surface area contributed by atoms with Crippen molar-refractivity contribution < 1.29 is 4.79 Å². The standard InChI is InChI=1S/C12H23NO/c1-9(2)7-8-13(11-5-6-11)12(14)10(3)4/h9-11H,5-8H2,1-4H3. The molecule has 0 aromatic carbocycles. The molecule has 14 heavy (non-hydrogen) atoms. The zero-order valence-corrected chi connectivity index (χ0v) is 9.92. The van der Waals surface area contributed by atoms with Gasteiger partial charge in [0.1, 0.15) is 0 Å². The predicted octanol–water partition coefficient (Wildman–Crippen LogP) is 2.68. The lowest BCUT2D eigenvalue weighted by molar-refractivity contribution is -0.135. The van der Waals surface area contributed by atoms with Crippen LogP contribution in [0.2, 0.25) is 0 Å². The Balaban J connectivity index is 2.42. The SMILES string of the molecule is CC(C)CCN(C(=O)C(C)C)C1CC1. The maximum absolute atomic E-state index is 11.9. The Morgan fingerprint density at radius 1 is 1.29 bits per heavy atom. The van der Waals surface area contributed by atoms with Crippen LogP contribution in [-0.2, 0) is 4.79 Å². The van der Waals surface area contributed by atoms with Gasteiger partial charge in [0, 0.05) is 18.5 Å². The average Bonchev–Trinajstić information content (AvgIpc) is 2.87. The average molecular weight is 197 g/mol. The van der Waals surface area contributed by atoms with Gasteiger partial charge in [0.15, 0.2) is 0 Å². The maximum Gasteiger partial charge on any atom is 0.225 e. The van der Waals surface area contributed by atoms with Gasteiger partial charge in [-0.2, -0.15) is 0 Å². The molecule has 0 bridgehead atoms. The summed E-state index contributed by atoms with van der Waals surface area (Å²) in [5.74, 6) is 1.19. The van der Waals surface area contributed by atoms with E-state index in [1.54, 1.807) is 0 Å². The highest BCUT2D eigenvalue weighted by molar-refractivity contribution is 5.78. The lowest BCUT2D eigenvalue weighted by Crippen LogP contribution is -2.37. The third-order valence-corrected chi connectivity index (χ3v) is 2.71. The van der Waals surface area contributed by atoms with Crippen LogP contribution in [-0.4, -0.2) is 23.4 Å². The first-order chi connectivity index (χ1) is 6.52. The topological polar surface area (TPSA) is 20.3 Å². The molecule has 2 nitrogen and oxygen atoms in total. The molecule has 0 spiro atoms. The van der Waals surface area contributed by atoms with Crippen LogP contribution in [0.5, 0.6) is 0 Å². The molecule has 0 radical (unpaired) electrons. The van der Waals surface area contributed by atoms with Gasteiger partial charge in [0.2, 0.25) is 5.91 Å². The van der Waals surface area contributed by atoms with Crippen molar-refractivity contribution >= 4 is 5.91 Å². The summed E-state index contributed by atoms with van der Waals surface area (Å²) >= 11 is 0. The van der Waals surface area contributed by atoms with Crippen LogP contribution in [0.4, 0.5) is 0 Å². The second-order valence-electron chi connectivity index (χ2n) is 5.10. The van der Waals surface area contributed by atoms with Gasteiger partial charge in [-0.05, 0) is 25.2 Å². The number of hydrogen-bond donors (Lipinski definition) is 0. The molecule has 82 valence electrons. The first-order valence-corrected chi connectivity index (χ1v) is 5.82. The van der Waals surface area contributed by atoms with Crippen LogP contribution in [0, 0.1) is 11.8 Å². The molecular formula is C12H23NO. The van der Waals surface area contributed by atoms with E-state index in [0.29, 0.717) is 17.9 Å². The van der Waals surface area contributed by atoms with E-state index in [4.69, 9.17) is 0 Å². The fraction of sp³-hybridized carbons (Fsp3) is 0.917. The molecule has 0 unspecified atom stereocenters. The third kappa shape index (κ3) is 3.32. The van der Waals surface area contributed by atoms with Crippen molar-refractivity contribution in [3.63, 3.8) is 0 Å². The summed E-state index contributed by atoms with van der Waals surface area (Å²) < 4.78 is 0. The zero-order valence-electron chi connectivity index (χ0n) is 9.92. The first kappa shape index (κ1) is 11.5. The second-order valence-corrected chi connectivity index (χ2v) is 5.10. The van der Waals surface area contributed by atoms with Crippen LogP contribution >= 0.6 is 0 Å². The molecule has 1 amide bonds. The number of rotatable bonds is 5. The fourth-order valence-electron chi connectivity index (χ4n) is 1.59. The summed E-state index contributed by atoms with van der Waals surface area (Å²) in [5.41, 5.74) is 0. The van der Waals surface area contributed by atoms with Gasteiger partial charge in [0.25, 0.3) is 0 Å². The summed E-state index contributed by atoms with van der Waals surface area (Å²) in [6.07, 6.45) is 3.57. The lowest BCUT2D eigenvalue weighted by atomic mass is 10.1. The first-order valence-electron chi connectivity index (χ1n) is 5.82. The Labute approximate surface area is 87.7 Å². The van der Waals surface area contributed by atoms with E-state index in [2.05, 4.69) is 18.7 Å². The molecule has 1 aliphatic rings. The Hall–Kier alpha value is -0.530. The fourth-order valence-corrected chi connectivity index (χ4v) is 1.59. The Bertz CT molecular complexity index is 194. The molecule has 0 aromatic heterocycles. The normalized spacial score (nSPS) is 16.4. The van der Waals surface area contributed by atoms with Gasteiger partial charge < -0.3 is 4.90 Å². The highest BCUT2D eigenvalue weighted by Crippen LogP contribution is 2.28. The van der Waals surface area contributed by atoms with E-state index in [9.17, 15) is 4.79 Å². The number of hydrogen-bond acceptors (Lipinski definition) is 1. The number of carbonyl (C=O) groups is 1. The van der Waals surface area contributed by atoms with Gasteiger partial charge in [-0.3, -0.25) is 4.79 Å². The summed E-state index contributed by atoms with van der Waals surface area (Å²) in [6.45, 7) is 9.37. The molecule has 1 fully saturated rings. The predicted molar refractivity (Wildman–Crippen MR) is 59.0 cm³/mol. The smallest absolute Gasteiger partial charge is 0.225 e. The highest BCUT2D eigenvalue weighted by atomic mass is 16.2. The molecule has 1 rings (SSSR count).